The zero-order chi connectivity index (χ0) is 17.4. The number of piperidine rings is 1. The molecule has 1 saturated heterocycles. The fourth-order valence-corrected chi connectivity index (χ4v) is 4.54. The highest BCUT2D eigenvalue weighted by molar-refractivity contribution is 7.18. The maximum atomic E-state index is 4.60. The van der Waals surface area contributed by atoms with Crippen LogP contribution in [0, 0.1) is 0 Å². The number of nitrogens with zero attached hydrogens (tertiary/aromatic N) is 6. The van der Waals surface area contributed by atoms with E-state index >= 15 is 0 Å². The zero-order valence-corrected chi connectivity index (χ0v) is 15.8. The molecule has 1 aliphatic heterocycles. The van der Waals surface area contributed by atoms with Crippen molar-refractivity contribution in [1.29, 1.82) is 0 Å². The summed E-state index contributed by atoms with van der Waals surface area (Å²) in [5.41, 5.74) is 0. The molecule has 0 unspecified atom stereocenters. The van der Waals surface area contributed by atoms with E-state index in [1.54, 1.807) is 17.7 Å². The number of aromatic nitrogens is 5. The van der Waals surface area contributed by atoms with Gasteiger partial charge in [-0.25, -0.2) is 9.97 Å². The smallest absolute Gasteiger partial charge is 0.140 e. The van der Waals surface area contributed by atoms with E-state index in [1.807, 2.05) is 6.33 Å². The Hall–Kier alpha value is -2.02. The maximum absolute atomic E-state index is 4.60. The van der Waals surface area contributed by atoms with Gasteiger partial charge in [-0.15, -0.1) is 21.5 Å². The minimum Gasteiger partial charge on any atom is -0.356 e. The van der Waals surface area contributed by atoms with Gasteiger partial charge in [0.2, 0.25) is 0 Å². The predicted octanol–water partition coefficient (Wildman–Crippen LogP) is 3.81. The van der Waals surface area contributed by atoms with Crippen LogP contribution in [-0.2, 0) is 6.42 Å². The van der Waals surface area contributed by atoms with Crippen LogP contribution < -0.4 is 4.90 Å². The molecular weight excluding hydrogens is 332 g/mol. The quantitative estimate of drug-likeness (QED) is 0.711. The molecule has 7 heteroatoms. The largest absolute Gasteiger partial charge is 0.356 e. The molecule has 3 aromatic rings. The van der Waals surface area contributed by atoms with Crippen molar-refractivity contribution >= 4 is 27.4 Å². The van der Waals surface area contributed by atoms with Crippen LogP contribution in [-0.4, -0.2) is 37.8 Å². The summed E-state index contributed by atoms with van der Waals surface area (Å²) in [5.74, 6) is 2.70. The van der Waals surface area contributed by atoms with Crippen molar-refractivity contribution in [3.8, 4) is 0 Å². The monoisotopic (exact) mass is 356 g/mol. The first-order chi connectivity index (χ1) is 12.2. The first-order valence-electron chi connectivity index (χ1n) is 9.05. The first kappa shape index (κ1) is 16.4. The molecule has 1 fully saturated rings. The van der Waals surface area contributed by atoms with Crippen LogP contribution >= 0.6 is 11.3 Å². The summed E-state index contributed by atoms with van der Waals surface area (Å²) in [6.45, 7) is 8.55. The minimum atomic E-state index is 0.405. The average Bonchev–Trinajstić information content (AvgIpc) is 3.28. The molecular formula is C18H24N6S. The van der Waals surface area contributed by atoms with Crippen molar-refractivity contribution in [3.63, 3.8) is 0 Å². The highest BCUT2D eigenvalue weighted by Gasteiger charge is 2.26. The molecule has 3 aromatic heterocycles. The average molecular weight is 356 g/mol. The molecule has 0 spiro atoms. The molecule has 0 atom stereocenters. The molecule has 1 aliphatic rings. The molecule has 132 valence electrons. The van der Waals surface area contributed by atoms with Gasteiger partial charge in [0.15, 0.2) is 0 Å². The van der Waals surface area contributed by atoms with Crippen LogP contribution in [0.5, 0.6) is 0 Å². The van der Waals surface area contributed by atoms with Gasteiger partial charge in [0.05, 0.1) is 5.39 Å². The number of rotatable bonds is 4. The number of anilines is 1. The lowest BCUT2D eigenvalue weighted by atomic mass is 9.95. The van der Waals surface area contributed by atoms with Crippen LogP contribution in [0.25, 0.3) is 10.2 Å². The van der Waals surface area contributed by atoms with Gasteiger partial charge >= 0.3 is 0 Å². The molecule has 4 rings (SSSR count). The molecule has 0 saturated carbocycles. The van der Waals surface area contributed by atoms with Crippen molar-refractivity contribution < 1.29 is 0 Å². The fraction of sp³-hybridized carbons (Fsp3) is 0.556. The lowest BCUT2D eigenvalue weighted by molar-refractivity contribution is 0.448. The van der Waals surface area contributed by atoms with E-state index in [1.165, 1.54) is 10.3 Å². The van der Waals surface area contributed by atoms with E-state index < -0.39 is 0 Å². The van der Waals surface area contributed by atoms with Gasteiger partial charge in [0.1, 0.15) is 29.1 Å². The van der Waals surface area contributed by atoms with E-state index in [2.05, 4.69) is 56.5 Å². The predicted molar refractivity (Wildman–Crippen MR) is 101 cm³/mol. The second kappa shape index (κ2) is 6.71. The van der Waals surface area contributed by atoms with E-state index in [0.29, 0.717) is 12.0 Å². The summed E-state index contributed by atoms with van der Waals surface area (Å²) >= 11 is 1.78. The highest BCUT2D eigenvalue weighted by atomic mass is 32.1. The Morgan fingerprint density at radius 1 is 1.24 bits per heavy atom. The SMILES string of the molecule is CCc1cc2c(N3CCC(c4nncn4C(C)C)CC3)ncnc2s1. The number of thiophene rings is 1. The lowest BCUT2D eigenvalue weighted by Crippen LogP contribution is -2.34. The summed E-state index contributed by atoms with van der Waals surface area (Å²) in [6.07, 6.45) is 6.78. The Balaban J connectivity index is 1.54. The van der Waals surface area contributed by atoms with E-state index in [-0.39, 0.29) is 0 Å². The Labute approximate surface area is 151 Å². The minimum absolute atomic E-state index is 0.405. The van der Waals surface area contributed by atoms with Crippen LogP contribution in [0.2, 0.25) is 0 Å². The van der Waals surface area contributed by atoms with Crippen molar-refractivity contribution in [2.45, 2.75) is 52.0 Å². The second-order valence-electron chi connectivity index (χ2n) is 6.93. The summed E-state index contributed by atoms with van der Waals surface area (Å²) in [4.78, 5) is 13.9. The Bertz CT molecular complexity index is 859. The summed E-state index contributed by atoms with van der Waals surface area (Å²) in [5, 5.41) is 9.72. The molecule has 0 aliphatic carbocycles. The Morgan fingerprint density at radius 2 is 2.04 bits per heavy atom. The third kappa shape index (κ3) is 3.01. The van der Waals surface area contributed by atoms with Crippen LogP contribution in [0.3, 0.4) is 0 Å². The van der Waals surface area contributed by atoms with Gasteiger partial charge in [0.25, 0.3) is 0 Å². The summed E-state index contributed by atoms with van der Waals surface area (Å²) < 4.78 is 2.20. The van der Waals surface area contributed by atoms with Crippen LogP contribution in [0.4, 0.5) is 5.82 Å². The molecule has 0 N–H and O–H groups in total. The molecule has 0 radical (unpaired) electrons. The van der Waals surface area contributed by atoms with Crippen molar-refractivity contribution in [3.05, 3.63) is 29.4 Å². The van der Waals surface area contributed by atoms with Gasteiger partial charge in [-0.2, -0.15) is 0 Å². The van der Waals surface area contributed by atoms with Gasteiger partial charge < -0.3 is 9.47 Å². The van der Waals surface area contributed by atoms with Crippen LogP contribution in [0.1, 0.15) is 56.3 Å². The van der Waals surface area contributed by atoms with Gasteiger partial charge in [-0.1, -0.05) is 6.92 Å². The van der Waals surface area contributed by atoms with Crippen LogP contribution in [0.15, 0.2) is 18.7 Å². The molecule has 0 bridgehead atoms. The van der Waals surface area contributed by atoms with Crippen molar-refractivity contribution in [1.82, 2.24) is 24.7 Å². The maximum Gasteiger partial charge on any atom is 0.140 e. The number of hydrogen-bond acceptors (Lipinski definition) is 6. The lowest BCUT2D eigenvalue weighted by Gasteiger charge is -2.33. The summed E-state index contributed by atoms with van der Waals surface area (Å²) in [7, 11) is 0. The molecule has 0 aromatic carbocycles. The standard InChI is InChI=1S/C18H24N6S/c1-4-14-9-15-17(19-10-20-18(15)25-14)23-7-5-13(6-8-23)16-22-21-11-24(16)12(2)3/h9-13H,4-8H2,1-3H3. The number of hydrogen-bond donors (Lipinski definition) is 0. The van der Waals surface area contributed by atoms with E-state index in [0.717, 1.165) is 48.8 Å². The van der Waals surface area contributed by atoms with Crippen molar-refractivity contribution in [2.24, 2.45) is 0 Å². The topological polar surface area (TPSA) is 59.7 Å². The molecule has 4 heterocycles. The Kier molecular flexibility index (Phi) is 4.41. The third-order valence-corrected chi connectivity index (χ3v) is 6.21. The highest BCUT2D eigenvalue weighted by Crippen LogP contribution is 2.34. The molecule has 25 heavy (non-hydrogen) atoms. The normalized spacial score (nSPS) is 16.2. The van der Waals surface area contributed by atoms with Crippen molar-refractivity contribution in [2.75, 3.05) is 18.0 Å². The van der Waals surface area contributed by atoms with E-state index in [9.17, 15) is 0 Å². The van der Waals surface area contributed by atoms with E-state index in [4.69, 9.17) is 0 Å². The fourth-order valence-electron chi connectivity index (χ4n) is 3.61. The molecule has 0 amide bonds. The van der Waals surface area contributed by atoms with Gasteiger partial charge in [-0.3, -0.25) is 0 Å². The number of aryl methyl sites for hydroxylation is 1. The van der Waals surface area contributed by atoms with Gasteiger partial charge in [0, 0.05) is 29.9 Å². The first-order valence-corrected chi connectivity index (χ1v) is 9.86. The second-order valence-corrected chi connectivity index (χ2v) is 8.05. The van der Waals surface area contributed by atoms with Gasteiger partial charge in [-0.05, 0) is 39.2 Å². The summed E-state index contributed by atoms with van der Waals surface area (Å²) in [6, 6.07) is 2.67. The zero-order valence-electron chi connectivity index (χ0n) is 15.0. The number of fused-ring (bicyclic) bond motifs is 1. The molecule has 6 nitrogen and oxygen atoms in total. The Morgan fingerprint density at radius 3 is 2.76 bits per heavy atom. The third-order valence-electron chi connectivity index (χ3n) is 5.02.